The Morgan fingerprint density at radius 3 is 0.775 bits per heavy atom. The van der Waals surface area contributed by atoms with Crippen molar-refractivity contribution in [1.82, 2.24) is 0 Å². The highest BCUT2D eigenvalue weighted by molar-refractivity contribution is 5.70. The molecule has 238 valence electrons. The summed E-state index contributed by atoms with van der Waals surface area (Å²) in [6.07, 6.45) is 0. The molecule has 0 aromatic heterocycles. The summed E-state index contributed by atoms with van der Waals surface area (Å²) in [6.45, 7) is 8.27. The number of carboxylic acids is 1. The van der Waals surface area contributed by atoms with Crippen LogP contribution in [0.2, 0.25) is 0 Å². The van der Waals surface area contributed by atoms with Gasteiger partial charge in [-0.2, -0.15) is 0 Å². The minimum absolute atomic E-state index is 0.0755. The molecule has 0 aliphatic rings. The summed E-state index contributed by atoms with van der Waals surface area (Å²) in [5.74, 6) is -1.41. The Hall–Kier alpha value is -1.50. The molecular weight excluding hydrogens is 540 g/mol. The number of aliphatic carboxylic acids is 1. The van der Waals surface area contributed by atoms with Gasteiger partial charge in [0.05, 0.1) is 139 Å². The lowest BCUT2D eigenvalue weighted by molar-refractivity contribution is -0.146. The maximum atomic E-state index is 10.8. The molecule has 0 aromatic rings. The molecule has 0 heterocycles. The molecule has 0 amide bonds. The van der Waals surface area contributed by atoms with Crippen molar-refractivity contribution >= 4 is 11.9 Å². The molecular formula is C25H48O15. The van der Waals surface area contributed by atoms with Crippen LogP contribution in [-0.4, -0.2) is 170 Å². The minimum atomic E-state index is -0.999. The molecule has 1 N–H and O–H groups in total. The first kappa shape index (κ1) is 38.5. The van der Waals surface area contributed by atoms with Crippen LogP contribution in [0.15, 0.2) is 0 Å². The van der Waals surface area contributed by atoms with E-state index >= 15 is 0 Å². The second-order valence-corrected chi connectivity index (χ2v) is 7.59. The lowest BCUT2D eigenvalue weighted by Crippen LogP contribution is -2.16. The second kappa shape index (κ2) is 33.7. The van der Waals surface area contributed by atoms with Crippen molar-refractivity contribution in [2.24, 2.45) is 0 Å². The van der Waals surface area contributed by atoms with Crippen molar-refractivity contribution in [3.8, 4) is 0 Å². The molecule has 0 unspecified atom stereocenters. The number of ether oxygens (including phenoxy) is 12. The summed E-state index contributed by atoms with van der Waals surface area (Å²) in [4.78, 5) is 21.1. The van der Waals surface area contributed by atoms with Gasteiger partial charge >= 0.3 is 11.9 Å². The van der Waals surface area contributed by atoms with Gasteiger partial charge in [-0.3, -0.25) is 0 Å². The van der Waals surface area contributed by atoms with Gasteiger partial charge in [0.25, 0.3) is 0 Å². The fraction of sp³-hybridized carbons (Fsp3) is 0.920. The second-order valence-electron chi connectivity index (χ2n) is 7.59. The third kappa shape index (κ3) is 34.5. The van der Waals surface area contributed by atoms with Gasteiger partial charge in [0.15, 0.2) is 0 Å². The molecule has 0 aromatic carbocycles. The molecule has 0 bridgehead atoms. The van der Waals surface area contributed by atoms with Gasteiger partial charge in [0.2, 0.25) is 0 Å². The van der Waals surface area contributed by atoms with E-state index in [9.17, 15) is 9.59 Å². The van der Waals surface area contributed by atoms with Crippen LogP contribution in [0.4, 0.5) is 0 Å². The summed E-state index contributed by atoms with van der Waals surface area (Å²) in [5, 5.41) is 8.41. The lowest BCUT2D eigenvalue weighted by Gasteiger charge is -2.09. The van der Waals surface area contributed by atoms with Gasteiger partial charge in [-0.05, 0) is 0 Å². The first-order chi connectivity index (χ1) is 19.7. The summed E-state index contributed by atoms with van der Waals surface area (Å²) in [5.41, 5.74) is 0. The van der Waals surface area contributed by atoms with Crippen LogP contribution in [-0.2, 0) is 66.4 Å². The van der Waals surface area contributed by atoms with Crippen molar-refractivity contribution in [3.05, 3.63) is 0 Å². The molecule has 40 heavy (non-hydrogen) atoms. The van der Waals surface area contributed by atoms with E-state index < -0.39 is 11.9 Å². The highest BCUT2D eigenvalue weighted by atomic mass is 16.6. The van der Waals surface area contributed by atoms with Crippen molar-refractivity contribution in [2.45, 2.75) is 0 Å². The summed E-state index contributed by atoms with van der Waals surface area (Å²) in [7, 11) is 1.31. The SMILES string of the molecule is COC(=O)COCCOCCOCCOCCOCCOCCOCCOCCOCCOCCOCC(=O)O. The van der Waals surface area contributed by atoms with Gasteiger partial charge in [-0.25, -0.2) is 9.59 Å². The topological polar surface area (TPSA) is 165 Å². The zero-order valence-electron chi connectivity index (χ0n) is 23.7. The van der Waals surface area contributed by atoms with Gasteiger partial charge in [-0.15, -0.1) is 0 Å². The van der Waals surface area contributed by atoms with Crippen LogP contribution in [0.5, 0.6) is 0 Å². The number of carbonyl (C=O) groups excluding carboxylic acids is 1. The average Bonchev–Trinajstić information content (AvgIpc) is 2.95. The molecule has 0 atom stereocenters. The molecule has 15 heteroatoms. The Kier molecular flexibility index (Phi) is 32.4. The van der Waals surface area contributed by atoms with Crippen molar-refractivity contribution in [3.63, 3.8) is 0 Å². The van der Waals surface area contributed by atoms with Gasteiger partial charge in [0, 0.05) is 0 Å². The monoisotopic (exact) mass is 588 g/mol. The fourth-order valence-electron chi connectivity index (χ4n) is 2.47. The first-order valence-electron chi connectivity index (χ1n) is 13.3. The number of hydrogen-bond acceptors (Lipinski definition) is 14. The van der Waals surface area contributed by atoms with Crippen LogP contribution in [0.3, 0.4) is 0 Å². The van der Waals surface area contributed by atoms with Crippen molar-refractivity contribution < 1.29 is 71.5 Å². The quantitative estimate of drug-likeness (QED) is 0.0749. The zero-order valence-corrected chi connectivity index (χ0v) is 23.7. The van der Waals surface area contributed by atoms with Crippen LogP contribution in [0, 0.1) is 0 Å². The minimum Gasteiger partial charge on any atom is -0.480 e. The third-order valence-corrected chi connectivity index (χ3v) is 4.39. The Labute approximate surface area is 236 Å². The van der Waals surface area contributed by atoms with Crippen molar-refractivity contribution in [2.75, 3.05) is 152 Å². The standard InChI is InChI=1S/C25H48O15/c1-29-25(28)23-40-21-19-38-17-15-36-13-11-34-9-7-32-5-3-30-2-4-31-6-8-33-10-12-35-14-16-37-18-20-39-22-24(26)27/h2-23H2,1H3,(H,26,27). The fourth-order valence-corrected chi connectivity index (χ4v) is 2.47. The maximum absolute atomic E-state index is 10.8. The van der Waals surface area contributed by atoms with Crippen LogP contribution >= 0.6 is 0 Å². The van der Waals surface area contributed by atoms with Gasteiger partial charge in [0.1, 0.15) is 13.2 Å². The molecule has 0 saturated carbocycles. The lowest BCUT2D eigenvalue weighted by atomic mass is 10.6. The number of carboxylic acid groups (broad SMARTS) is 1. The van der Waals surface area contributed by atoms with Crippen LogP contribution in [0.1, 0.15) is 0 Å². The highest BCUT2D eigenvalue weighted by Gasteiger charge is 1.99. The number of carbonyl (C=O) groups is 2. The normalized spacial score (nSPS) is 11.2. The van der Waals surface area contributed by atoms with Crippen LogP contribution < -0.4 is 0 Å². The summed E-state index contributed by atoms with van der Waals surface area (Å²) < 4.78 is 62.7. The van der Waals surface area contributed by atoms with E-state index in [0.29, 0.717) is 126 Å². The van der Waals surface area contributed by atoms with E-state index in [1.54, 1.807) is 0 Å². The van der Waals surface area contributed by atoms with E-state index in [4.69, 9.17) is 57.2 Å². The van der Waals surface area contributed by atoms with E-state index in [1.165, 1.54) is 7.11 Å². The summed E-state index contributed by atoms with van der Waals surface area (Å²) in [6, 6.07) is 0. The van der Waals surface area contributed by atoms with Gasteiger partial charge < -0.3 is 61.9 Å². The predicted molar refractivity (Wildman–Crippen MR) is 139 cm³/mol. The molecule has 0 fully saturated rings. The molecule has 0 aliphatic carbocycles. The van der Waals surface area contributed by atoms with E-state index in [-0.39, 0.29) is 19.8 Å². The van der Waals surface area contributed by atoms with E-state index in [1.807, 2.05) is 0 Å². The largest absolute Gasteiger partial charge is 0.480 e. The number of methoxy groups -OCH3 is 1. The van der Waals surface area contributed by atoms with Crippen LogP contribution in [0.25, 0.3) is 0 Å². The molecule has 15 nitrogen and oxygen atoms in total. The Bertz CT molecular complexity index is 538. The first-order valence-corrected chi connectivity index (χ1v) is 13.3. The Morgan fingerprint density at radius 2 is 0.575 bits per heavy atom. The third-order valence-electron chi connectivity index (χ3n) is 4.39. The Balaban J connectivity index is 3.05. The molecule has 0 spiro atoms. The molecule has 0 radical (unpaired) electrons. The zero-order chi connectivity index (χ0) is 29.2. The Morgan fingerprint density at radius 1 is 0.375 bits per heavy atom. The van der Waals surface area contributed by atoms with Gasteiger partial charge in [-0.1, -0.05) is 0 Å². The van der Waals surface area contributed by atoms with Crippen molar-refractivity contribution in [1.29, 1.82) is 0 Å². The average molecular weight is 589 g/mol. The number of esters is 1. The van der Waals surface area contributed by atoms with E-state index in [0.717, 1.165) is 0 Å². The highest BCUT2D eigenvalue weighted by Crippen LogP contribution is 1.87. The number of rotatable bonds is 34. The molecule has 0 saturated heterocycles. The number of hydrogen-bond donors (Lipinski definition) is 1. The predicted octanol–water partition coefficient (Wildman–Crippen LogP) is -0.573. The van der Waals surface area contributed by atoms with E-state index in [2.05, 4.69) is 4.74 Å². The maximum Gasteiger partial charge on any atom is 0.331 e. The molecule has 0 aliphatic heterocycles. The summed E-state index contributed by atoms with van der Waals surface area (Å²) >= 11 is 0. The molecule has 0 rings (SSSR count). The smallest absolute Gasteiger partial charge is 0.331 e.